The maximum Gasteiger partial charge on any atom is 0.416 e. The van der Waals surface area contributed by atoms with Crippen LogP contribution in [0, 0.1) is 5.82 Å². The number of halogens is 5. The van der Waals surface area contributed by atoms with Gasteiger partial charge in [0.15, 0.2) is 0 Å². The number of hydrogen-bond donors (Lipinski definition) is 2. The minimum Gasteiger partial charge on any atom is -0.308 e. The molecule has 2 aromatic rings. The van der Waals surface area contributed by atoms with Crippen molar-refractivity contribution in [2.24, 2.45) is 0 Å². The normalized spacial score (nSPS) is 11.1. The van der Waals surface area contributed by atoms with Crippen LogP contribution in [0.3, 0.4) is 0 Å². The molecule has 8 heteroatoms. The van der Waals surface area contributed by atoms with E-state index in [4.69, 9.17) is 11.6 Å². The number of alkyl halides is 3. The highest BCUT2D eigenvalue weighted by Gasteiger charge is 2.30. The molecule has 0 aromatic heterocycles. The highest BCUT2D eigenvalue weighted by molar-refractivity contribution is 6.31. The van der Waals surface area contributed by atoms with Crippen LogP contribution in [0.2, 0.25) is 5.02 Å². The molecule has 0 aliphatic carbocycles. The van der Waals surface area contributed by atoms with Gasteiger partial charge in [0.2, 0.25) is 0 Å². The van der Waals surface area contributed by atoms with Crippen LogP contribution in [0.1, 0.15) is 5.56 Å². The van der Waals surface area contributed by atoms with E-state index in [2.05, 4.69) is 10.6 Å². The maximum absolute atomic E-state index is 13.0. The van der Waals surface area contributed by atoms with Gasteiger partial charge in [-0.15, -0.1) is 0 Å². The lowest BCUT2D eigenvalue weighted by molar-refractivity contribution is -0.137. The quantitative estimate of drug-likeness (QED) is 0.734. The number of rotatable bonds is 2. The highest BCUT2D eigenvalue weighted by Crippen LogP contribution is 2.30. The molecule has 0 fully saturated rings. The Morgan fingerprint density at radius 3 is 2.23 bits per heavy atom. The first-order chi connectivity index (χ1) is 10.3. The van der Waals surface area contributed by atoms with Crippen LogP contribution in [-0.4, -0.2) is 6.03 Å². The number of carbonyl (C=O) groups is 1. The summed E-state index contributed by atoms with van der Waals surface area (Å²) in [5, 5.41) is 4.40. The zero-order valence-corrected chi connectivity index (χ0v) is 11.6. The number of anilines is 2. The Bertz CT molecular complexity index is 703. The molecule has 0 aliphatic rings. The lowest BCUT2D eigenvalue weighted by Crippen LogP contribution is -2.19. The molecule has 0 aliphatic heterocycles. The van der Waals surface area contributed by atoms with Crippen molar-refractivity contribution < 1.29 is 22.4 Å². The third kappa shape index (κ3) is 4.11. The van der Waals surface area contributed by atoms with Crippen LogP contribution in [0.4, 0.5) is 33.7 Å². The van der Waals surface area contributed by atoms with Crippen LogP contribution < -0.4 is 10.6 Å². The number of benzene rings is 2. The predicted octanol–water partition coefficient (Wildman–Crippen LogP) is 5.14. The van der Waals surface area contributed by atoms with Crippen molar-refractivity contribution in [2.45, 2.75) is 6.18 Å². The summed E-state index contributed by atoms with van der Waals surface area (Å²) in [5.74, 6) is -0.648. The molecule has 2 aromatic carbocycles. The van der Waals surface area contributed by atoms with Crippen LogP contribution >= 0.6 is 11.6 Å². The third-order valence-electron chi connectivity index (χ3n) is 2.63. The fourth-order valence-corrected chi connectivity index (χ4v) is 1.82. The summed E-state index contributed by atoms with van der Waals surface area (Å²) < 4.78 is 50.6. The Morgan fingerprint density at radius 1 is 1.00 bits per heavy atom. The van der Waals surface area contributed by atoms with E-state index in [1.807, 2.05) is 0 Å². The smallest absolute Gasteiger partial charge is 0.308 e. The van der Waals surface area contributed by atoms with E-state index >= 15 is 0 Å². The standard InChI is InChI=1S/C14H9ClF4N2O/c15-11-7-10(4-5-12(11)16)21-13(22)20-9-3-1-2-8(6-9)14(17,18)19/h1-7H,(H2,20,21,22). The SMILES string of the molecule is O=C(Nc1cccc(C(F)(F)F)c1)Nc1ccc(F)c(Cl)c1. The van der Waals surface area contributed by atoms with Gasteiger partial charge in [0.1, 0.15) is 5.82 Å². The zero-order valence-electron chi connectivity index (χ0n) is 10.8. The summed E-state index contributed by atoms with van der Waals surface area (Å²) >= 11 is 5.56. The van der Waals surface area contributed by atoms with Gasteiger partial charge in [-0.2, -0.15) is 13.2 Å². The second-order valence-electron chi connectivity index (χ2n) is 4.29. The van der Waals surface area contributed by atoms with Gasteiger partial charge in [-0.05, 0) is 36.4 Å². The fourth-order valence-electron chi connectivity index (χ4n) is 1.64. The molecular formula is C14H9ClF4N2O. The lowest BCUT2D eigenvalue weighted by atomic mass is 10.2. The molecule has 0 radical (unpaired) electrons. The molecule has 0 unspecified atom stereocenters. The van der Waals surface area contributed by atoms with Crippen molar-refractivity contribution in [3.8, 4) is 0 Å². The van der Waals surface area contributed by atoms with Crippen LogP contribution in [0.5, 0.6) is 0 Å². The molecule has 0 saturated carbocycles. The Kier molecular flexibility index (Phi) is 4.56. The van der Waals surface area contributed by atoms with E-state index in [-0.39, 0.29) is 16.4 Å². The first-order valence-corrected chi connectivity index (χ1v) is 6.34. The van der Waals surface area contributed by atoms with Crippen molar-refractivity contribution >= 4 is 29.0 Å². The molecule has 2 rings (SSSR count). The molecule has 0 saturated heterocycles. The van der Waals surface area contributed by atoms with E-state index in [1.165, 1.54) is 24.3 Å². The molecule has 116 valence electrons. The van der Waals surface area contributed by atoms with Crippen molar-refractivity contribution in [2.75, 3.05) is 10.6 Å². The largest absolute Gasteiger partial charge is 0.416 e. The van der Waals surface area contributed by atoms with Crippen molar-refractivity contribution in [3.63, 3.8) is 0 Å². The zero-order chi connectivity index (χ0) is 16.3. The number of amides is 2. The van der Waals surface area contributed by atoms with Gasteiger partial charge in [-0.25, -0.2) is 9.18 Å². The van der Waals surface area contributed by atoms with Gasteiger partial charge in [0.25, 0.3) is 0 Å². The number of carbonyl (C=O) groups excluding carboxylic acids is 1. The third-order valence-corrected chi connectivity index (χ3v) is 2.91. The monoisotopic (exact) mass is 332 g/mol. The topological polar surface area (TPSA) is 41.1 Å². The molecule has 0 spiro atoms. The highest BCUT2D eigenvalue weighted by atomic mass is 35.5. The first kappa shape index (κ1) is 16.1. The summed E-state index contributed by atoms with van der Waals surface area (Å²) in [6.45, 7) is 0. The molecule has 22 heavy (non-hydrogen) atoms. The van der Waals surface area contributed by atoms with Gasteiger partial charge >= 0.3 is 12.2 Å². The molecule has 2 amide bonds. The van der Waals surface area contributed by atoms with E-state index in [1.54, 1.807) is 0 Å². The average Bonchev–Trinajstić information content (AvgIpc) is 2.42. The van der Waals surface area contributed by atoms with Gasteiger partial charge in [0.05, 0.1) is 10.6 Å². The van der Waals surface area contributed by atoms with E-state index in [0.29, 0.717) is 0 Å². The number of hydrogen-bond acceptors (Lipinski definition) is 1. The van der Waals surface area contributed by atoms with E-state index in [9.17, 15) is 22.4 Å². The Hall–Kier alpha value is -2.28. The summed E-state index contributed by atoms with van der Waals surface area (Å²) in [7, 11) is 0. The molecule has 2 N–H and O–H groups in total. The van der Waals surface area contributed by atoms with Crippen molar-refractivity contribution in [3.05, 3.63) is 58.9 Å². The Balaban J connectivity index is 2.07. The first-order valence-electron chi connectivity index (χ1n) is 5.96. The van der Waals surface area contributed by atoms with Crippen LogP contribution in [-0.2, 0) is 6.18 Å². The van der Waals surface area contributed by atoms with Gasteiger partial charge in [0, 0.05) is 11.4 Å². The lowest BCUT2D eigenvalue weighted by Gasteiger charge is -2.11. The molecule has 3 nitrogen and oxygen atoms in total. The minimum absolute atomic E-state index is 0.0273. The Labute approximate surface area is 127 Å². The summed E-state index contributed by atoms with van der Waals surface area (Å²) in [5.41, 5.74) is -0.702. The van der Waals surface area contributed by atoms with Gasteiger partial charge in [-0.3, -0.25) is 0 Å². The fraction of sp³-hybridized carbons (Fsp3) is 0.0714. The second kappa shape index (κ2) is 6.23. The average molecular weight is 333 g/mol. The number of urea groups is 1. The van der Waals surface area contributed by atoms with Gasteiger partial charge < -0.3 is 10.6 Å². The van der Waals surface area contributed by atoms with E-state index in [0.717, 1.165) is 18.2 Å². The molecule has 0 bridgehead atoms. The van der Waals surface area contributed by atoms with Crippen molar-refractivity contribution in [1.29, 1.82) is 0 Å². The van der Waals surface area contributed by atoms with Crippen LogP contribution in [0.25, 0.3) is 0 Å². The minimum atomic E-state index is -4.50. The maximum atomic E-state index is 13.0. The second-order valence-corrected chi connectivity index (χ2v) is 4.69. The van der Waals surface area contributed by atoms with Crippen LogP contribution in [0.15, 0.2) is 42.5 Å². The van der Waals surface area contributed by atoms with Gasteiger partial charge in [-0.1, -0.05) is 17.7 Å². The molecular weight excluding hydrogens is 324 g/mol. The molecule has 0 atom stereocenters. The van der Waals surface area contributed by atoms with Crippen molar-refractivity contribution in [1.82, 2.24) is 0 Å². The predicted molar refractivity (Wildman–Crippen MR) is 75.5 cm³/mol. The summed E-state index contributed by atoms with van der Waals surface area (Å²) in [6, 6.07) is 6.92. The summed E-state index contributed by atoms with van der Waals surface area (Å²) in [6.07, 6.45) is -4.50. The Morgan fingerprint density at radius 2 is 1.64 bits per heavy atom. The van der Waals surface area contributed by atoms with E-state index < -0.39 is 23.6 Å². The number of nitrogens with one attached hydrogen (secondary N) is 2. The summed E-state index contributed by atoms with van der Waals surface area (Å²) in [4.78, 5) is 11.7. The molecule has 0 heterocycles.